The molecular weight excluding hydrogens is 184 g/mol. The molecule has 0 spiro atoms. The van der Waals surface area contributed by atoms with Crippen LogP contribution in [0.15, 0.2) is 23.1 Å². The van der Waals surface area contributed by atoms with Crippen molar-refractivity contribution < 1.29 is 5.21 Å². The number of nitrogens with one attached hydrogen (secondary N) is 2. The molecule has 0 saturated heterocycles. The van der Waals surface area contributed by atoms with Gasteiger partial charge in [-0.1, -0.05) is 12.1 Å². The van der Waals surface area contributed by atoms with Crippen LogP contribution in [0.1, 0.15) is 11.1 Å². The van der Waals surface area contributed by atoms with Crippen LogP contribution in [0.5, 0.6) is 0 Å². The molecule has 4 heteroatoms. The van der Waals surface area contributed by atoms with Crippen LogP contribution in [0.25, 0.3) is 0 Å². The second kappa shape index (κ2) is 6.65. The summed E-state index contributed by atoms with van der Waals surface area (Å²) in [6.07, 6.45) is 1.32. The van der Waals surface area contributed by atoms with Gasteiger partial charge in [0, 0.05) is 18.2 Å². The smallest absolute Gasteiger partial charge is 0.0250 e. The fraction of sp³-hybridized carbons (Fsp3) is 0.222. The number of aryl methyl sites for hydroxylation is 1. The monoisotopic (exact) mass is 198 g/mol. The Bertz CT molecular complexity index is 276. The van der Waals surface area contributed by atoms with Gasteiger partial charge in [-0.2, -0.15) is 0 Å². The van der Waals surface area contributed by atoms with Crippen molar-refractivity contribution >= 4 is 18.8 Å². The second-order valence-electron chi connectivity index (χ2n) is 2.41. The lowest BCUT2D eigenvalue weighted by Crippen LogP contribution is -1.91. The Morgan fingerprint density at radius 3 is 2.46 bits per heavy atom. The third-order valence-corrected chi connectivity index (χ3v) is 1.88. The molecule has 0 amide bonds. The van der Waals surface area contributed by atoms with Crippen molar-refractivity contribution in [3.8, 4) is 0 Å². The Morgan fingerprint density at radius 1 is 1.54 bits per heavy atom. The average molecular weight is 198 g/mol. The molecule has 0 aromatic heterocycles. The van der Waals surface area contributed by atoms with Crippen molar-refractivity contribution in [3.63, 3.8) is 0 Å². The maximum atomic E-state index is 7.32. The highest BCUT2D eigenvalue weighted by atomic mass is 32.1. The number of thiol groups is 1. The first-order chi connectivity index (χ1) is 6.15. The Balaban J connectivity index is 0.000000424. The molecule has 0 fully saturated rings. The summed E-state index contributed by atoms with van der Waals surface area (Å²) in [5, 5.41) is 14.3. The van der Waals surface area contributed by atoms with Crippen molar-refractivity contribution in [2.24, 2.45) is 0 Å². The van der Waals surface area contributed by atoms with E-state index in [0.29, 0.717) is 0 Å². The molecule has 1 aromatic carbocycles. The van der Waals surface area contributed by atoms with E-state index < -0.39 is 0 Å². The van der Waals surface area contributed by atoms with Crippen LogP contribution < -0.4 is 5.48 Å². The van der Waals surface area contributed by atoms with Crippen molar-refractivity contribution in [1.29, 1.82) is 5.41 Å². The summed E-state index contributed by atoms with van der Waals surface area (Å²) in [4.78, 5) is 0.945. The lowest BCUT2D eigenvalue weighted by Gasteiger charge is -1.97. The molecule has 13 heavy (non-hydrogen) atoms. The topological polar surface area (TPSA) is 56.1 Å². The molecule has 0 heterocycles. The number of hydrogen-bond acceptors (Lipinski definition) is 4. The fourth-order valence-electron chi connectivity index (χ4n) is 0.716. The van der Waals surface area contributed by atoms with E-state index in [2.05, 4.69) is 12.6 Å². The van der Waals surface area contributed by atoms with E-state index in [1.165, 1.54) is 13.3 Å². The predicted octanol–water partition coefficient (Wildman–Crippen LogP) is 1.88. The van der Waals surface area contributed by atoms with Crippen molar-refractivity contribution in [1.82, 2.24) is 5.48 Å². The predicted molar refractivity (Wildman–Crippen MR) is 57.2 cm³/mol. The summed E-state index contributed by atoms with van der Waals surface area (Å²) in [5.74, 6) is 0. The summed E-state index contributed by atoms with van der Waals surface area (Å²) < 4.78 is 0. The zero-order chi connectivity index (χ0) is 10.3. The van der Waals surface area contributed by atoms with E-state index in [1.807, 2.05) is 25.1 Å². The minimum Gasteiger partial charge on any atom is -0.317 e. The van der Waals surface area contributed by atoms with E-state index in [0.717, 1.165) is 16.0 Å². The highest BCUT2D eigenvalue weighted by molar-refractivity contribution is 7.80. The van der Waals surface area contributed by atoms with Crippen molar-refractivity contribution in [2.45, 2.75) is 11.8 Å². The van der Waals surface area contributed by atoms with Crippen molar-refractivity contribution in [2.75, 3.05) is 7.05 Å². The largest absolute Gasteiger partial charge is 0.317 e. The average Bonchev–Trinajstić information content (AvgIpc) is 2.11. The van der Waals surface area contributed by atoms with Crippen molar-refractivity contribution in [3.05, 3.63) is 29.3 Å². The van der Waals surface area contributed by atoms with E-state index >= 15 is 0 Å². The zero-order valence-corrected chi connectivity index (χ0v) is 8.60. The van der Waals surface area contributed by atoms with Crippen LogP contribution in [-0.2, 0) is 0 Å². The fourth-order valence-corrected chi connectivity index (χ4v) is 0.940. The Labute approximate surface area is 83.7 Å². The molecule has 0 atom stereocenters. The molecule has 3 nitrogen and oxygen atoms in total. The van der Waals surface area contributed by atoms with Gasteiger partial charge in [0.15, 0.2) is 0 Å². The standard InChI is InChI=1S/C8H9NS.CH5NO/c1-6-2-3-7(5-9)4-8(6)10;1-2-3/h2-5,9-10H,1H3;2-3H,1H3. The minimum absolute atomic E-state index is 0.899. The molecule has 0 unspecified atom stereocenters. The quantitative estimate of drug-likeness (QED) is 0.316. The van der Waals surface area contributed by atoms with Gasteiger partial charge in [-0.05, 0) is 24.1 Å². The summed E-state index contributed by atoms with van der Waals surface area (Å²) in [5.41, 5.74) is 3.80. The summed E-state index contributed by atoms with van der Waals surface area (Å²) in [7, 11) is 1.43. The van der Waals surface area contributed by atoms with Gasteiger partial charge in [0.25, 0.3) is 0 Å². The molecule has 3 N–H and O–H groups in total. The molecular formula is C9H14N2OS. The number of hydroxylamine groups is 1. The van der Waals surface area contributed by atoms with Gasteiger partial charge >= 0.3 is 0 Å². The summed E-state index contributed by atoms with van der Waals surface area (Å²) in [6.45, 7) is 2.00. The molecule has 1 rings (SSSR count). The summed E-state index contributed by atoms with van der Waals surface area (Å²) in [6, 6.07) is 5.75. The molecule has 0 bridgehead atoms. The third kappa shape index (κ3) is 4.67. The lowest BCUT2D eigenvalue weighted by atomic mass is 10.2. The first-order valence-corrected chi connectivity index (χ1v) is 4.21. The molecule has 0 aliphatic rings. The second-order valence-corrected chi connectivity index (χ2v) is 2.90. The maximum Gasteiger partial charge on any atom is 0.0250 e. The van der Waals surface area contributed by atoms with E-state index in [4.69, 9.17) is 10.6 Å². The molecule has 0 radical (unpaired) electrons. The van der Waals surface area contributed by atoms with E-state index in [9.17, 15) is 0 Å². The first-order valence-electron chi connectivity index (χ1n) is 3.76. The van der Waals surface area contributed by atoms with Gasteiger partial charge in [-0.25, -0.2) is 5.48 Å². The number of benzene rings is 1. The van der Waals surface area contributed by atoms with Crippen LogP contribution in [0, 0.1) is 12.3 Å². The summed E-state index contributed by atoms with van der Waals surface area (Å²) >= 11 is 4.22. The van der Waals surface area contributed by atoms with Gasteiger partial charge in [0.2, 0.25) is 0 Å². The molecule has 0 aliphatic carbocycles. The lowest BCUT2D eigenvalue weighted by molar-refractivity contribution is 0.194. The molecule has 0 saturated carbocycles. The van der Waals surface area contributed by atoms with Gasteiger partial charge in [0.1, 0.15) is 0 Å². The Kier molecular flexibility index (Phi) is 6.22. The molecule has 72 valence electrons. The maximum absolute atomic E-state index is 7.32. The normalized spacial score (nSPS) is 8.62. The third-order valence-electron chi connectivity index (χ3n) is 1.40. The Morgan fingerprint density at radius 2 is 2.08 bits per heavy atom. The van der Waals surface area contributed by atoms with Gasteiger partial charge < -0.3 is 10.6 Å². The van der Waals surface area contributed by atoms with Gasteiger partial charge in [-0.3, -0.25) is 0 Å². The van der Waals surface area contributed by atoms with E-state index in [1.54, 1.807) is 5.48 Å². The highest BCUT2D eigenvalue weighted by Gasteiger charge is 1.92. The van der Waals surface area contributed by atoms with E-state index in [-0.39, 0.29) is 0 Å². The highest BCUT2D eigenvalue weighted by Crippen LogP contribution is 2.13. The van der Waals surface area contributed by atoms with Gasteiger partial charge in [-0.15, -0.1) is 12.6 Å². The van der Waals surface area contributed by atoms with Crippen LogP contribution in [-0.4, -0.2) is 18.5 Å². The van der Waals surface area contributed by atoms with Crippen LogP contribution >= 0.6 is 12.6 Å². The molecule has 1 aromatic rings. The van der Waals surface area contributed by atoms with Crippen LogP contribution in [0.3, 0.4) is 0 Å². The SMILES string of the molecule is CNO.Cc1ccc(C=N)cc1S. The first kappa shape index (κ1) is 12.2. The number of rotatable bonds is 1. The Hall–Kier alpha value is -0.840. The zero-order valence-electron chi connectivity index (χ0n) is 7.70. The number of hydrogen-bond donors (Lipinski definition) is 4. The van der Waals surface area contributed by atoms with Crippen LogP contribution in [0.4, 0.5) is 0 Å². The van der Waals surface area contributed by atoms with Gasteiger partial charge in [0.05, 0.1) is 0 Å². The molecule has 0 aliphatic heterocycles. The van der Waals surface area contributed by atoms with Crippen LogP contribution in [0.2, 0.25) is 0 Å². The minimum atomic E-state index is 0.899.